The van der Waals surface area contributed by atoms with Crippen molar-refractivity contribution in [2.45, 2.75) is 107 Å². The van der Waals surface area contributed by atoms with Crippen LogP contribution in [0, 0.1) is 28.6 Å². The predicted molar refractivity (Wildman–Crippen MR) is 142 cm³/mol. The SMILES string of the molecule is C=CC(C)(C=CC(C)CCC1C(=C)CCC(C)C1(C)C)CCC=C(C)CCC=C(C)C. The fourth-order valence-corrected chi connectivity index (χ4v) is 4.88. The lowest BCUT2D eigenvalue weighted by molar-refractivity contribution is 0.103. The molecule has 0 heteroatoms. The van der Waals surface area contributed by atoms with E-state index >= 15 is 0 Å². The summed E-state index contributed by atoms with van der Waals surface area (Å²) in [5.41, 5.74) is 4.86. The van der Waals surface area contributed by atoms with Crippen molar-refractivity contribution in [1.82, 2.24) is 0 Å². The minimum Gasteiger partial charge on any atom is -0.102 e. The first-order valence-corrected chi connectivity index (χ1v) is 12.7. The molecule has 0 heterocycles. The summed E-state index contributed by atoms with van der Waals surface area (Å²) in [7, 11) is 0. The summed E-state index contributed by atoms with van der Waals surface area (Å²) in [6.07, 6.45) is 21.4. The Labute approximate surface area is 195 Å². The average molecular weight is 425 g/mol. The summed E-state index contributed by atoms with van der Waals surface area (Å²) >= 11 is 0. The molecule has 0 aliphatic heterocycles. The molecule has 4 unspecified atom stereocenters. The molecule has 1 rings (SSSR count). The molecule has 0 aromatic carbocycles. The minimum absolute atomic E-state index is 0.0766. The van der Waals surface area contributed by atoms with E-state index in [0.717, 1.165) is 25.2 Å². The third-order valence-corrected chi connectivity index (χ3v) is 8.01. The van der Waals surface area contributed by atoms with E-state index < -0.39 is 0 Å². The largest absolute Gasteiger partial charge is 0.102 e. The van der Waals surface area contributed by atoms with Gasteiger partial charge in [-0.3, -0.25) is 0 Å². The van der Waals surface area contributed by atoms with Crippen LogP contribution in [-0.2, 0) is 0 Å². The molecule has 0 N–H and O–H groups in total. The molecule has 1 aliphatic rings. The van der Waals surface area contributed by atoms with E-state index in [4.69, 9.17) is 0 Å². The minimum atomic E-state index is 0.0766. The Kier molecular flexibility index (Phi) is 11.3. The zero-order valence-electron chi connectivity index (χ0n) is 22.2. The van der Waals surface area contributed by atoms with Gasteiger partial charge in [-0.2, -0.15) is 0 Å². The van der Waals surface area contributed by atoms with Gasteiger partial charge in [-0.1, -0.05) is 88.3 Å². The molecule has 0 spiro atoms. The molecule has 1 aliphatic carbocycles. The zero-order chi connectivity index (χ0) is 23.7. The van der Waals surface area contributed by atoms with Crippen LogP contribution < -0.4 is 0 Å². The Morgan fingerprint density at radius 2 is 1.87 bits per heavy atom. The van der Waals surface area contributed by atoms with Gasteiger partial charge in [0.15, 0.2) is 0 Å². The molecular formula is C31H52. The fraction of sp³-hybridized carbons (Fsp3) is 0.677. The second kappa shape index (κ2) is 12.7. The van der Waals surface area contributed by atoms with Gasteiger partial charge in [0.1, 0.15) is 0 Å². The van der Waals surface area contributed by atoms with E-state index in [2.05, 4.69) is 98.9 Å². The number of hydrogen-bond acceptors (Lipinski definition) is 0. The van der Waals surface area contributed by atoms with Gasteiger partial charge >= 0.3 is 0 Å². The van der Waals surface area contributed by atoms with Crippen LogP contribution in [0.5, 0.6) is 0 Å². The van der Waals surface area contributed by atoms with Crippen LogP contribution in [0.25, 0.3) is 0 Å². The summed E-state index contributed by atoms with van der Waals surface area (Å²) in [5, 5.41) is 0. The molecule has 176 valence electrons. The highest BCUT2D eigenvalue weighted by Crippen LogP contribution is 2.49. The molecule has 4 atom stereocenters. The first-order valence-electron chi connectivity index (χ1n) is 12.7. The average Bonchev–Trinajstić information content (AvgIpc) is 2.69. The molecule has 0 saturated heterocycles. The molecule has 1 saturated carbocycles. The fourth-order valence-electron chi connectivity index (χ4n) is 4.88. The number of hydrogen-bond donors (Lipinski definition) is 0. The van der Waals surface area contributed by atoms with Crippen LogP contribution >= 0.6 is 0 Å². The van der Waals surface area contributed by atoms with Crippen molar-refractivity contribution >= 4 is 0 Å². The Morgan fingerprint density at radius 3 is 2.48 bits per heavy atom. The lowest BCUT2D eigenvalue weighted by atomic mass is 9.60. The molecule has 31 heavy (non-hydrogen) atoms. The van der Waals surface area contributed by atoms with E-state index in [1.165, 1.54) is 48.8 Å². The van der Waals surface area contributed by atoms with Crippen molar-refractivity contribution < 1.29 is 0 Å². The molecule has 0 aromatic heterocycles. The van der Waals surface area contributed by atoms with Gasteiger partial charge in [-0.15, -0.1) is 6.58 Å². The lowest BCUT2D eigenvalue weighted by Gasteiger charge is -2.45. The van der Waals surface area contributed by atoms with Crippen LogP contribution in [0.3, 0.4) is 0 Å². The normalized spacial score (nSPS) is 24.6. The van der Waals surface area contributed by atoms with Gasteiger partial charge < -0.3 is 0 Å². The zero-order valence-corrected chi connectivity index (χ0v) is 22.2. The molecular weight excluding hydrogens is 372 g/mol. The van der Waals surface area contributed by atoms with Gasteiger partial charge in [-0.25, -0.2) is 0 Å². The highest BCUT2D eigenvalue weighted by Gasteiger charge is 2.39. The van der Waals surface area contributed by atoms with Crippen LogP contribution in [0.15, 0.2) is 60.3 Å². The third kappa shape index (κ3) is 9.38. The quantitative estimate of drug-likeness (QED) is 0.273. The van der Waals surface area contributed by atoms with Crippen LogP contribution in [0.1, 0.15) is 107 Å². The number of rotatable bonds is 12. The topological polar surface area (TPSA) is 0 Å². The van der Waals surface area contributed by atoms with E-state index in [-0.39, 0.29) is 5.41 Å². The van der Waals surface area contributed by atoms with E-state index in [0.29, 0.717) is 17.3 Å². The van der Waals surface area contributed by atoms with Crippen molar-refractivity contribution in [1.29, 1.82) is 0 Å². The van der Waals surface area contributed by atoms with E-state index in [9.17, 15) is 0 Å². The van der Waals surface area contributed by atoms with Crippen LogP contribution in [0.2, 0.25) is 0 Å². The smallest absolute Gasteiger partial charge is 0.00330 e. The van der Waals surface area contributed by atoms with Gasteiger partial charge in [0.2, 0.25) is 0 Å². The molecule has 0 nitrogen and oxygen atoms in total. The number of allylic oxidation sites excluding steroid dienone is 8. The highest BCUT2D eigenvalue weighted by molar-refractivity contribution is 5.12. The van der Waals surface area contributed by atoms with Gasteiger partial charge in [0, 0.05) is 5.41 Å². The molecule has 0 amide bonds. The van der Waals surface area contributed by atoms with Gasteiger partial charge in [0.25, 0.3) is 0 Å². The van der Waals surface area contributed by atoms with Crippen LogP contribution in [-0.4, -0.2) is 0 Å². The van der Waals surface area contributed by atoms with Crippen molar-refractivity contribution in [3.63, 3.8) is 0 Å². The molecule has 0 bridgehead atoms. The predicted octanol–water partition coefficient (Wildman–Crippen LogP) is 10.3. The summed E-state index contributed by atoms with van der Waals surface area (Å²) in [6, 6.07) is 0. The summed E-state index contributed by atoms with van der Waals surface area (Å²) in [4.78, 5) is 0. The maximum Gasteiger partial charge on any atom is 0.00330 e. The van der Waals surface area contributed by atoms with Gasteiger partial charge in [-0.05, 0) is 95.3 Å². The second-order valence-electron chi connectivity index (χ2n) is 11.5. The third-order valence-electron chi connectivity index (χ3n) is 8.01. The summed E-state index contributed by atoms with van der Waals surface area (Å²) in [5.74, 6) is 2.05. The first kappa shape index (κ1) is 27.7. The second-order valence-corrected chi connectivity index (χ2v) is 11.5. The van der Waals surface area contributed by atoms with Gasteiger partial charge in [0.05, 0.1) is 0 Å². The maximum atomic E-state index is 4.44. The van der Waals surface area contributed by atoms with Crippen molar-refractivity contribution in [2.75, 3.05) is 0 Å². The Hall–Kier alpha value is -1.30. The molecule has 0 aromatic rings. The monoisotopic (exact) mass is 424 g/mol. The molecule has 0 radical (unpaired) electrons. The van der Waals surface area contributed by atoms with Crippen molar-refractivity contribution in [2.24, 2.45) is 28.6 Å². The van der Waals surface area contributed by atoms with Crippen molar-refractivity contribution in [3.05, 3.63) is 60.3 Å². The van der Waals surface area contributed by atoms with E-state index in [1.807, 2.05) is 0 Å². The van der Waals surface area contributed by atoms with Crippen LogP contribution in [0.4, 0.5) is 0 Å². The first-order chi connectivity index (χ1) is 14.4. The summed E-state index contributed by atoms with van der Waals surface area (Å²) < 4.78 is 0. The Bertz CT molecular complexity index is 664. The standard InChI is InChI=1S/C31H52/c1-11-31(10,22-13-16-25(4)15-12-14-24(2)3)23-21-26(5)17-20-29-27(6)18-19-28(7)30(29,8)9/h11,14,16,21,23,26,28-29H,1,6,12-13,15,17-20,22H2,2-5,7-10H3. The Balaban J connectivity index is 2.57. The van der Waals surface area contributed by atoms with Crippen molar-refractivity contribution in [3.8, 4) is 0 Å². The maximum absolute atomic E-state index is 4.44. The Morgan fingerprint density at radius 1 is 1.19 bits per heavy atom. The highest BCUT2D eigenvalue weighted by atomic mass is 14.4. The van der Waals surface area contributed by atoms with E-state index in [1.54, 1.807) is 0 Å². The molecule has 1 fully saturated rings. The summed E-state index contributed by atoms with van der Waals surface area (Å²) in [6.45, 7) is 27.2. The lowest BCUT2D eigenvalue weighted by Crippen LogP contribution is -2.36.